The summed E-state index contributed by atoms with van der Waals surface area (Å²) in [5, 5.41) is 5.81. The Morgan fingerprint density at radius 3 is 2.63 bits per heavy atom. The summed E-state index contributed by atoms with van der Waals surface area (Å²) in [7, 11) is 1.56. The van der Waals surface area contributed by atoms with Crippen LogP contribution in [0.25, 0.3) is 17.0 Å². The zero-order chi connectivity index (χ0) is 25.1. The fourth-order valence-corrected chi connectivity index (χ4v) is 4.03. The van der Waals surface area contributed by atoms with Gasteiger partial charge in [0.2, 0.25) is 5.91 Å². The topological polar surface area (TPSA) is 110 Å². The van der Waals surface area contributed by atoms with E-state index in [9.17, 15) is 19.2 Å². The van der Waals surface area contributed by atoms with Gasteiger partial charge in [-0.2, -0.15) is 0 Å². The van der Waals surface area contributed by atoms with Crippen molar-refractivity contribution >= 4 is 46.4 Å². The summed E-state index contributed by atoms with van der Waals surface area (Å²) in [5.74, 6) is -1.67. The number of nitrogens with one attached hydrogen (secondary N) is 2. The van der Waals surface area contributed by atoms with Gasteiger partial charge in [-0.25, -0.2) is 9.69 Å². The van der Waals surface area contributed by atoms with E-state index in [2.05, 4.69) is 10.6 Å². The average Bonchev–Trinajstić information content (AvgIpc) is 3.16. The second kappa shape index (κ2) is 9.94. The molecule has 5 amide bonds. The molecule has 0 unspecified atom stereocenters. The lowest BCUT2D eigenvalue weighted by molar-refractivity contribution is -0.123. The lowest BCUT2D eigenvalue weighted by Crippen LogP contribution is -2.54. The number of benzene rings is 2. The molecule has 0 spiro atoms. The average molecular weight is 475 g/mol. The summed E-state index contributed by atoms with van der Waals surface area (Å²) in [6.07, 6.45) is 3.18. The molecule has 1 aromatic heterocycles. The number of fused-ring (bicyclic) bond motifs is 1. The maximum Gasteiger partial charge on any atom is 0.335 e. The first-order valence-corrected chi connectivity index (χ1v) is 11.1. The standard InChI is InChI=1S/C26H26N4O5/c1-16-7-6-10-21(17(16)2)30-25(33)20(24(32)28-26(30)34)13-18-14-29(15-23(31)27-11-12-35-3)22-9-5-4-8-19(18)22/h4-10,13-14H,11-12,15H2,1-3H3,(H,27,31)(H,28,32,34)/b20-13+. The molecule has 180 valence electrons. The van der Waals surface area contributed by atoms with E-state index in [1.807, 2.05) is 44.2 Å². The predicted octanol–water partition coefficient (Wildman–Crippen LogP) is 2.69. The van der Waals surface area contributed by atoms with Crippen LogP contribution in [0.5, 0.6) is 0 Å². The molecule has 1 fully saturated rings. The highest BCUT2D eigenvalue weighted by atomic mass is 16.5. The summed E-state index contributed by atoms with van der Waals surface area (Å²) in [4.78, 5) is 52.0. The number of rotatable bonds is 7. The van der Waals surface area contributed by atoms with Crippen LogP contribution >= 0.6 is 0 Å². The predicted molar refractivity (Wildman–Crippen MR) is 132 cm³/mol. The van der Waals surface area contributed by atoms with Crippen LogP contribution in [0.2, 0.25) is 0 Å². The van der Waals surface area contributed by atoms with Gasteiger partial charge in [0.25, 0.3) is 11.8 Å². The van der Waals surface area contributed by atoms with Gasteiger partial charge in [-0.3, -0.25) is 19.7 Å². The Hall–Kier alpha value is -4.24. The largest absolute Gasteiger partial charge is 0.383 e. The van der Waals surface area contributed by atoms with Crippen LogP contribution in [0.1, 0.15) is 16.7 Å². The van der Waals surface area contributed by atoms with Gasteiger partial charge in [0, 0.05) is 36.3 Å². The number of amides is 5. The van der Waals surface area contributed by atoms with E-state index in [0.29, 0.717) is 24.4 Å². The third-order valence-electron chi connectivity index (χ3n) is 5.98. The van der Waals surface area contributed by atoms with Crippen LogP contribution in [-0.2, 0) is 25.7 Å². The maximum atomic E-state index is 13.4. The Morgan fingerprint density at radius 2 is 1.86 bits per heavy atom. The van der Waals surface area contributed by atoms with Crippen molar-refractivity contribution in [2.75, 3.05) is 25.2 Å². The van der Waals surface area contributed by atoms with Crippen molar-refractivity contribution in [1.29, 1.82) is 0 Å². The molecule has 0 aliphatic carbocycles. The Labute approximate surface area is 202 Å². The second-order valence-corrected chi connectivity index (χ2v) is 8.25. The molecule has 9 heteroatoms. The number of hydrogen-bond acceptors (Lipinski definition) is 5. The van der Waals surface area contributed by atoms with Crippen molar-refractivity contribution < 1.29 is 23.9 Å². The SMILES string of the molecule is COCCNC(=O)Cn1cc(/C=C2\C(=O)NC(=O)N(c3cccc(C)c3C)C2=O)c2ccccc21. The molecule has 35 heavy (non-hydrogen) atoms. The number of para-hydroxylation sites is 1. The zero-order valence-corrected chi connectivity index (χ0v) is 19.8. The highest BCUT2D eigenvalue weighted by Crippen LogP contribution is 2.29. The van der Waals surface area contributed by atoms with E-state index < -0.39 is 17.8 Å². The molecular formula is C26H26N4O5. The second-order valence-electron chi connectivity index (χ2n) is 8.25. The third kappa shape index (κ3) is 4.71. The fraction of sp³-hybridized carbons (Fsp3) is 0.231. The number of nitrogens with zero attached hydrogens (tertiary/aromatic N) is 2. The van der Waals surface area contributed by atoms with E-state index in [0.717, 1.165) is 26.9 Å². The van der Waals surface area contributed by atoms with Crippen molar-refractivity contribution in [1.82, 2.24) is 15.2 Å². The summed E-state index contributed by atoms with van der Waals surface area (Å²) in [6.45, 7) is 4.55. The molecule has 3 aromatic rings. The lowest BCUT2D eigenvalue weighted by atomic mass is 10.0. The monoisotopic (exact) mass is 474 g/mol. The normalized spacial score (nSPS) is 15.1. The van der Waals surface area contributed by atoms with E-state index in [4.69, 9.17) is 4.74 Å². The van der Waals surface area contributed by atoms with Crippen LogP contribution in [-0.4, -0.2) is 48.6 Å². The molecule has 2 N–H and O–H groups in total. The number of carbonyl (C=O) groups excluding carboxylic acids is 4. The molecule has 0 atom stereocenters. The fourth-order valence-electron chi connectivity index (χ4n) is 4.03. The van der Waals surface area contributed by atoms with Crippen molar-refractivity contribution in [2.45, 2.75) is 20.4 Å². The number of aromatic nitrogens is 1. The highest BCUT2D eigenvalue weighted by molar-refractivity contribution is 6.39. The number of imide groups is 2. The van der Waals surface area contributed by atoms with Gasteiger partial charge in [-0.15, -0.1) is 0 Å². The van der Waals surface area contributed by atoms with Crippen molar-refractivity contribution in [3.8, 4) is 0 Å². The summed E-state index contributed by atoms with van der Waals surface area (Å²) in [5.41, 5.74) is 3.28. The van der Waals surface area contributed by atoms with Gasteiger partial charge in [0.05, 0.1) is 12.3 Å². The smallest absolute Gasteiger partial charge is 0.335 e. The van der Waals surface area contributed by atoms with Crippen molar-refractivity contribution in [2.24, 2.45) is 0 Å². The van der Waals surface area contributed by atoms with Crippen molar-refractivity contribution in [3.63, 3.8) is 0 Å². The number of aryl methyl sites for hydroxylation is 1. The molecule has 0 saturated carbocycles. The molecule has 2 heterocycles. The van der Waals surface area contributed by atoms with E-state index >= 15 is 0 Å². The maximum absolute atomic E-state index is 13.4. The molecule has 4 rings (SSSR count). The summed E-state index contributed by atoms with van der Waals surface area (Å²) in [6, 6.07) is 11.9. The van der Waals surface area contributed by atoms with Gasteiger partial charge in [-0.05, 0) is 43.2 Å². The number of anilines is 1. The van der Waals surface area contributed by atoms with Crippen LogP contribution in [0, 0.1) is 13.8 Å². The number of methoxy groups -OCH3 is 1. The molecular weight excluding hydrogens is 448 g/mol. The first-order valence-electron chi connectivity index (χ1n) is 11.1. The molecule has 9 nitrogen and oxygen atoms in total. The van der Waals surface area contributed by atoms with Crippen LogP contribution < -0.4 is 15.5 Å². The zero-order valence-electron chi connectivity index (χ0n) is 19.8. The molecule has 2 aromatic carbocycles. The van der Waals surface area contributed by atoms with Gasteiger partial charge < -0.3 is 14.6 Å². The van der Waals surface area contributed by atoms with Crippen molar-refractivity contribution in [3.05, 3.63) is 70.9 Å². The number of hydrogen-bond donors (Lipinski definition) is 2. The summed E-state index contributed by atoms with van der Waals surface area (Å²) >= 11 is 0. The van der Waals surface area contributed by atoms with Crippen LogP contribution in [0.4, 0.5) is 10.5 Å². The van der Waals surface area contributed by atoms with Gasteiger partial charge in [-0.1, -0.05) is 30.3 Å². The Bertz CT molecular complexity index is 1370. The summed E-state index contributed by atoms with van der Waals surface area (Å²) < 4.78 is 6.71. The molecule has 1 aliphatic rings. The van der Waals surface area contributed by atoms with Gasteiger partial charge in [0.15, 0.2) is 0 Å². The minimum Gasteiger partial charge on any atom is -0.383 e. The Balaban J connectivity index is 1.72. The Morgan fingerprint density at radius 1 is 1.09 bits per heavy atom. The number of urea groups is 1. The minimum atomic E-state index is -0.791. The molecule has 1 saturated heterocycles. The third-order valence-corrected chi connectivity index (χ3v) is 5.98. The minimum absolute atomic E-state index is 0.0562. The first kappa shape index (κ1) is 23.9. The lowest BCUT2D eigenvalue weighted by Gasteiger charge is -2.28. The first-order chi connectivity index (χ1) is 16.8. The Kier molecular flexibility index (Phi) is 6.79. The van der Waals surface area contributed by atoms with Crippen LogP contribution in [0.15, 0.2) is 54.2 Å². The molecule has 0 bridgehead atoms. The van der Waals surface area contributed by atoms with Gasteiger partial charge in [0.1, 0.15) is 12.1 Å². The van der Waals surface area contributed by atoms with E-state index in [-0.39, 0.29) is 18.0 Å². The number of carbonyl (C=O) groups is 4. The van der Waals surface area contributed by atoms with Crippen LogP contribution in [0.3, 0.4) is 0 Å². The quantitative estimate of drug-likeness (QED) is 0.311. The highest BCUT2D eigenvalue weighted by Gasteiger charge is 2.37. The van der Waals surface area contributed by atoms with E-state index in [1.54, 1.807) is 30.0 Å². The number of barbiturate groups is 1. The molecule has 0 radical (unpaired) electrons. The molecule has 1 aliphatic heterocycles. The van der Waals surface area contributed by atoms with E-state index in [1.165, 1.54) is 6.08 Å². The van der Waals surface area contributed by atoms with Gasteiger partial charge >= 0.3 is 6.03 Å². The number of ether oxygens (including phenoxy) is 1.